The van der Waals surface area contributed by atoms with E-state index in [2.05, 4.69) is 5.32 Å². The first kappa shape index (κ1) is 21.3. The summed E-state index contributed by atoms with van der Waals surface area (Å²) in [5, 5.41) is 22.9. The van der Waals surface area contributed by atoms with Gasteiger partial charge in [-0.15, -0.1) is 0 Å². The largest absolute Gasteiger partial charge is 0.347 e. The van der Waals surface area contributed by atoms with Gasteiger partial charge in [0.1, 0.15) is 6.04 Å². The molecule has 3 atom stereocenters. The maximum atomic E-state index is 12.6. The Hall–Kier alpha value is -1.70. The molecule has 2 amide bonds. The Bertz CT molecular complexity index is 516. The third-order valence-corrected chi connectivity index (χ3v) is 4.49. The van der Waals surface area contributed by atoms with Gasteiger partial charge in [-0.3, -0.25) is 9.59 Å². The van der Waals surface area contributed by atoms with Crippen LogP contribution in [0.1, 0.15) is 52.9 Å². The fourth-order valence-electron chi connectivity index (χ4n) is 2.58. The first-order valence-corrected chi connectivity index (χ1v) is 8.93. The Morgan fingerprint density at radius 2 is 1.96 bits per heavy atom. The predicted molar refractivity (Wildman–Crippen MR) is 95.8 cm³/mol. The van der Waals surface area contributed by atoms with Crippen LogP contribution in [-0.2, 0) is 9.59 Å². The van der Waals surface area contributed by atoms with Crippen LogP contribution in [0.15, 0.2) is 24.4 Å². The highest BCUT2D eigenvalue weighted by Gasteiger charge is 2.42. The van der Waals surface area contributed by atoms with Crippen molar-refractivity contribution in [2.24, 2.45) is 11.7 Å². The fourth-order valence-corrected chi connectivity index (χ4v) is 2.58. The Labute approximate surface area is 149 Å². The summed E-state index contributed by atoms with van der Waals surface area (Å²) < 4.78 is 0. The average molecular weight is 353 g/mol. The summed E-state index contributed by atoms with van der Waals surface area (Å²) in [5.74, 6) is -3.52. The molecule has 0 saturated heterocycles. The Balaban J connectivity index is 2.84. The van der Waals surface area contributed by atoms with Gasteiger partial charge in [0.05, 0.1) is 6.04 Å². The second-order valence-corrected chi connectivity index (χ2v) is 6.56. The van der Waals surface area contributed by atoms with E-state index in [0.29, 0.717) is 6.42 Å². The molecule has 7 heteroatoms. The van der Waals surface area contributed by atoms with Crippen LogP contribution < -0.4 is 11.1 Å². The van der Waals surface area contributed by atoms with Crippen molar-refractivity contribution in [3.63, 3.8) is 0 Å². The summed E-state index contributed by atoms with van der Waals surface area (Å²) in [7, 11) is 0. The van der Waals surface area contributed by atoms with Crippen LogP contribution in [0.3, 0.4) is 0 Å². The number of nitrogens with two attached hydrogens (primary N) is 1. The summed E-state index contributed by atoms with van der Waals surface area (Å²) in [4.78, 5) is 25.7. The van der Waals surface area contributed by atoms with E-state index in [1.807, 2.05) is 20.8 Å². The zero-order valence-electron chi connectivity index (χ0n) is 15.3. The van der Waals surface area contributed by atoms with Gasteiger partial charge in [-0.05, 0) is 18.4 Å². The SMILES string of the molecule is CCCCCC(=O)NC(O)(O)C1C=CC=CN1C(=O)[C@@H](N)[C@@H](C)CC. The molecule has 1 heterocycles. The Kier molecular flexibility index (Phi) is 8.28. The molecule has 25 heavy (non-hydrogen) atoms. The number of hydrogen-bond donors (Lipinski definition) is 4. The molecular formula is C18H31N3O4. The van der Waals surface area contributed by atoms with Gasteiger partial charge in [0.25, 0.3) is 5.91 Å². The molecule has 1 aliphatic rings. The minimum atomic E-state index is -2.57. The lowest BCUT2D eigenvalue weighted by Gasteiger charge is -2.39. The summed E-state index contributed by atoms with van der Waals surface area (Å²) in [6.45, 7) is 5.81. The topological polar surface area (TPSA) is 116 Å². The first-order valence-electron chi connectivity index (χ1n) is 8.93. The average Bonchev–Trinajstić information content (AvgIpc) is 2.59. The molecule has 0 aromatic rings. The minimum absolute atomic E-state index is 0.0529. The van der Waals surface area contributed by atoms with Gasteiger partial charge in [0, 0.05) is 12.6 Å². The van der Waals surface area contributed by atoms with Crippen LogP contribution in [0.2, 0.25) is 0 Å². The van der Waals surface area contributed by atoms with Crippen LogP contribution in [0.4, 0.5) is 0 Å². The number of nitrogens with one attached hydrogen (secondary N) is 1. The van der Waals surface area contributed by atoms with Gasteiger partial charge >= 0.3 is 0 Å². The molecule has 142 valence electrons. The van der Waals surface area contributed by atoms with Crippen molar-refractivity contribution in [2.45, 2.75) is 70.9 Å². The molecular weight excluding hydrogens is 322 g/mol. The molecule has 0 aromatic carbocycles. The van der Waals surface area contributed by atoms with Crippen molar-refractivity contribution in [3.8, 4) is 0 Å². The zero-order chi connectivity index (χ0) is 19.0. The van der Waals surface area contributed by atoms with Gasteiger partial charge in [0.15, 0.2) is 0 Å². The molecule has 1 aliphatic heterocycles. The predicted octanol–water partition coefficient (Wildman–Crippen LogP) is 0.975. The van der Waals surface area contributed by atoms with Crippen molar-refractivity contribution < 1.29 is 19.8 Å². The zero-order valence-corrected chi connectivity index (χ0v) is 15.3. The van der Waals surface area contributed by atoms with E-state index in [1.165, 1.54) is 17.2 Å². The van der Waals surface area contributed by atoms with Gasteiger partial charge in [-0.25, -0.2) is 0 Å². The monoisotopic (exact) mass is 353 g/mol. The van der Waals surface area contributed by atoms with Crippen molar-refractivity contribution in [1.29, 1.82) is 0 Å². The van der Waals surface area contributed by atoms with Crippen LogP contribution in [0.5, 0.6) is 0 Å². The van der Waals surface area contributed by atoms with E-state index >= 15 is 0 Å². The van der Waals surface area contributed by atoms with Crippen LogP contribution in [0, 0.1) is 5.92 Å². The lowest BCUT2D eigenvalue weighted by Crippen LogP contribution is -2.63. The highest BCUT2D eigenvalue weighted by Crippen LogP contribution is 2.20. The van der Waals surface area contributed by atoms with E-state index < -0.39 is 29.8 Å². The second kappa shape index (κ2) is 9.70. The quantitative estimate of drug-likeness (QED) is 0.364. The maximum Gasteiger partial charge on any atom is 0.272 e. The number of aliphatic hydroxyl groups is 2. The Morgan fingerprint density at radius 3 is 2.56 bits per heavy atom. The Morgan fingerprint density at radius 1 is 1.28 bits per heavy atom. The van der Waals surface area contributed by atoms with E-state index in [1.54, 1.807) is 12.2 Å². The summed E-state index contributed by atoms with van der Waals surface area (Å²) in [5.41, 5.74) is 5.99. The molecule has 1 rings (SSSR count). The van der Waals surface area contributed by atoms with Crippen molar-refractivity contribution in [2.75, 3.05) is 0 Å². The number of amides is 2. The lowest BCUT2D eigenvalue weighted by atomic mass is 9.97. The van der Waals surface area contributed by atoms with E-state index in [4.69, 9.17) is 5.73 Å². The van der Waals surface area contributed by atoms with E-state index in [9.17, 15) is 19.8 Å². The number of unbranched alkanes of at least 4 members (excludes halogenated alkanes) is 2. The molecule has 0 aliphatic carbocycles. The second-order valence-electron chi connectivity index (χ2n) is 6.56. The number of nitrogens with zero attached hydrogens (tertiary/aromatic N) is 1. The number of rotatable bonds is 9. The van der Waals surface area contributed by atoms with Gasteiger partial charge < -0.3 is 26.2 Å². The van der Waals surface area contributed by atoms with E-state index in [-0.39, 0.29) is 12.3 Å². The highest BCUT2D eigenvalue weighted by atomic mass is 16.5. The molecule has 0 spiro atoms. The van der Waals surface area contributed by atoms with Crippen molar-refractivity contribution in [1.82, 2.24) is 10.2 Å². The van der Waals surface area contributed by atoms with Gasteiger partial charge in [0.2, 0.25) is 11.8 Å². The lowest BCUT2D eigenvalue weighted by molar-refractivity contribution is -0.214. The van der Waals surface area contributed by atoms with Gasteiger partial charge in [-0.2, -0.15) is 0 Å². The third kappa shape index (κ3) is 5.95. The molecule has 0 fully saturated rings. The van der Waals surface area contributed by atoms with Crippen LogP contribution in [-0.4, -0.2) is 44.9 Å². The minimum Gasteiger partial charge on any atom is -0.347 e. The molecule has 1 unspecified atom stereocenters. The number of carbonyl (C=O) groups excluding carboxylic acids is 2. The molecule has 5 N–H and O–H groups in total. The molecule has 0 aromatic heterocycles. The number of hydrogen-bond acceptors (Lipinski definition) is 5. The van der Waals surface area contributed by atoms with Crippen LogP contribution in [0.25, 0.3) is 0 Å². The van der Waals surface area contributed by atoms with Crippen molar-refractivity contribution >= 4 is 11.8 Å². The van der Waals surface area contributed by atoms with Gasteiger partial charge in [-0.1, -0.05) is 52.2 Å². The summed E-state index contributed by atoms with van der Waals surface area (Å²) >= 11 is 0. The smallest absolute Gasteiger partial charge is 0.272 e. The number of allylic oxidation sites excluding steroid dienone is 2. The summed E-state index contributed by atoms with van der Waals surface area (Å²) in [6.07, 6.45) is 9.53. The number of carbonyl (C=O) groups is 2. The highest BCUT2D eigenvalue weighted by molar-refractivity contribution is 5.84. The normalized spacial score (nSPS) is 19.6. The first-order chi connectivity index (χ1) is 11.7. The molecule has 0 radical (unpaired) electrons. The summed E-state index contributed by atoms with van der Waals surface area (Å²) in [6, 6.07) is -1.91. The third-order valence-electron chi connectivity index (χ3n) is 4.49. The maximum absolute atomic E-state index is 12.6. The standard InChI is InChI=1S/C18H31N3O4/c1-4-6-7-11-15(22)20-18(24,25)14-10-8-9-12-21(14)17(23)16(19)13(3)5-2/h8-10,12-14,16,24-25H,4-7,11,19H2,1-3H3,(H,20,22)/t13-,14?,16-/m0/s1. The fraction of sp³-hybridized carbons (Fsp3) is 0.667. The molecule has 0 bridgehead atoms. The van der Waals surface area contributed by atoms with Crippen LogP contribution >= 0.6 is 0 Å². The molecule has 7 nitrogen and oxygen atoms in total. The molecule has 0 saturated carbocycles. The van der Waals surface area contributed by atoms with Crippen molar-refractivity contribution in [3.05, 3.63) is 24.4 Å². The van der Waals surface area contributed by atoms with E-state index in [0.717, 1.165) is 19.3 Å².